The van der Waals surface area contributed by atoms with Gasteiger partial charge in [-0.15, -0.1) is 0 Å². The Balaban J connectivity index is 2.17. The Morgan fingerprint density at radius 1 is 1.08 bits per heavy atom. The molecule has 2 heteroatoms. The number of aliphatic hydroxyl groups is 1. The first-order valence-corrected chi connectivity index (χ1v) is 9.65. The first-order valence-electron chi connectivity index (χ1n) is 9.65. The van der Waals surface area contributed by atoms with Crippen molar-refractivity contribution in [2.45, 2.75) is 58.0 Å². The highest BCUT2D eigenvalue weighted by molar-refractivity contribution is 5.33. The Hall–Kier alpha value is -1.30. The molecule has 1 fully saturated rings. The summed E-state index contributed by atoms with van der Waals surface area (Å²) < 4.78 is 1.04. The summed E-state index contributed by atoms with van der Waals surface area (Å²) >= 11 is 0. The molecule has 0 aromatic heterocycles. The lowest BCUT2D eigenvalue weighted by molar-refractivity contribution is -0.905. The van der Waals surface area contributed by atoms with Gasteiger partial charge in [-0.25, -0.2) is 0 Å². The van der Waals surface area contributed by atoms with Gasteiger partial charge in [-0.3, -0.25) is 0 Å². The van der Waals surface area contributed by atoms with E-state index >= 15 is 0 Å². The van der Waals surface area contributed by atoms with Crippen LogP contribution in [0.2, 0.25) is 0 Å². The Morgan fingerprint density at radius 2 is 1.71 bits per heavy atom. The molecule has 132 valence electrons. The first kappa shape index (κ1) is 19.0. The van der Waals surface area contributed by atoms with Crippen molar-refractivity contribution in [3.63, 3.8) is 0 Å². The Labute approximate surface area is 148 Å². The van der Waals surface area contributed by atoms with Crippen LogP contribution >= 0.6 is 0 Å². The van der Waals surface area contributed by atoms with Crippen LogP contribution in [0, 0.1) is 17.8 Å². The van der Waals surface area contributed by atoms with Crippen LogP contribution in [0.5, 0.6) is 0 Å². The summed E-state index contributed by atoms with van der Waals surface area (Å²) in [5.41, 5.74) is -0.0172. The summed E-state index contributed by atoms with van der Waals surface area (Å²) in [5, 5.41) is 11.5. The fourth-order valence-electron chi connectivity index (χ4n) is 3.69. The van der Waals surface area contributed by atoms with E-state index in [1.165, 1.54) is 19.3 Å². The number of rotatable bonds is 6. The highest BCUT2D eigenvalue weighted by atomic mass is 16.3. The normalized spacial score (nSPS) is 18.5. The predicted octanol–water partition coefficient (Wildman–Crippen LogP) is 4.33. The number of nitrogens with zero attached hydrogens (tertiary/aromatic N) is 1. The molecule has 24 heavy (non-hydrogen) atoms. The van der Waals surface area contributed by atoms with Gasteiger partial charge in [-0.05, 0) is 32.3 Å². The van der Waals surface area contributed by atoms with E-state index in [4.69, 9.17) is 0 Å². The summed E-state index contributed by atoms with van der Waals surface area (Å²) in [6.45, 7) is 7.78. The minimum absolute atomic E-state index is 0.263. The summed E-state index contributed by atoms with van der Waals surface area (Å²) in [5.74, 6) is 6.89. The van der Waals surface area contributed by atoms with Crippen molar-refractivity contribution in [1.29, 1.82) is 0 Å². The minimum Gasteiger partial charge on any atom is -0.373 e. The third-order valence-electron chi connectivity index (χ3n) is 5.99. The molecule has 0 heterocycles. The lowest BCUT2D eigenvalue weighted by atomic mass is 9.73. The van der Waals surface area contributed by atoms with E-state index < -0.39 is 5.60 Å². The number of benzene rings is 1. The third-order valence-corrected chi connectivity index (χ3v) is 5.99. The average molecular weight is 329 g/mol. The summed E-state index contributed by atoms with van der Waals surface area (Å²) in [4.78, 5) is 0. The van der Waals surface area contributed by atoms with Crippen LogP contribution in [-0.2, 0) is 5.60 Å². The smallest absolute Gasteiger partial charge is 0.153 e. The summed E-state index contributed by atoms with van der Waals surface area (Å²) in [7, 11) is 2.28. The number of hydrogen-bond donors (Lipinski definition) is 1. The van der Waals surface area contributed by atoms with Crippen molar-refractivity contribution in [3.05, 3.63) is 35.9 Å². The van der Waals surface area contributed by atoms with Gasteiger partial charge >= 0.3 is 0 Å². The fourth-order valence-corrected chi connectivity index (χ4v) is 3.69. The Morgan fingerprint density at radius 3 is 2.29 bits per heavy atom. The van der Waals surface area contributed by atoms with Crippen molar-refractivity contribution in [3.8, 4) is 11.8 Å². The van der Waals surface area contributed by atoms with E-state index in [0.717, 1.165) is 48.9 Å². The van der Waals surface area contributed by atoms with Gasteiger partial charge in [0.1, 0.15) is 0 Å². The molecule has 0 amide bonds. The monoisotopic (exact) mass is 328 g/mol. The van der Waals surface area contributed by atoms with Crippen LogP contribution in [0.1, 0.15) is 57.9 Å². The Kier molecular flexibility index (Phi) is 6.90. The van der Waals surface area contributed by atoms with Gasteiger partial charge in [-0.1, -0.05) is 61.4 Å². The van der Waals surface area contributed by atoms with Gasteiger partial charge in [-0.2, -0.15) is 0 Å². The Bertz CT molecular complexity index is 546. The van der Waals surface area contributed by atoms with Crippen LogP contribution < -0.4 is 0 Å². The maximum Gasteiger partial charge on any atom is 0.153 e. The van der Waals surface area contributed by atoms with E-state index in [1.54, 1.807) is 0 Å². The van der Waals surface area contributed by atoms with Crippen LogP contribution in [-0.4, -0.2) is 36.3 Å². The van der Waals surface area contributed by atoms with Crippen molar-refractivity contribution >= 4 is 0 Å². The SMILES string of the molecule is CC[N+](C)(CC)CCC#C[C@@](O)(c1ccccc1)C1CCCCC1. The largest absolute Gasteiger partial charge is 0.373 e. The van der Waals surface area contributed by atoms with E-state index in [9.17, 15) is 5.11 Å². The maximum absolute atomic E-state index is 11.5. The van der Waals surface area contributed by atoms with E-state index in [1.807, 2.05) is 30.3 Å². The molecule has 0 saturated heterocycles. The molecule has 1 aliphatic carbocycles. The van der Waals surface area contributed by atoms with Gasteiger partial charge in [0, 0.05) is 5.92 Å². The number of quaternary nitrogens is 1. The van der Waals surface area contributed by atoms with Crippen molar-refractivity contribution in [2.24, 2.45) is 5.92 Å². The van der Waals surface area contributed by atoms with Gasteiger partial charge in [0.05, 0.1) is 33.1 Å². The standard InChI is InChI=1S/C22H34NO/c1-4-23(3,5-2)19-13-12-18-22(24,20-14-8-6-9-15-20)21-16-10-7-11-17-21/h6,8-9,14-15,21,24H,4-5,7,10-11,13,16-17,19H2,1-3H3/q+1/t22-/m1/s1. The van der Waals surface area contributed by atoms with E-state index in [0.29, 0.717) is 0 Å². The molecule has 1 aromatic carbocycles. The molecule has 1 saturated carbocycles. The van der Waals surface area contributed by atoms with Crippen LogP contribution in [0.25, 0.3) is 0 Å². The zero-order valence-corrected chi connectivity index (χ0v) is 15.7. The predicted molar refractivity (Wildman–Crippen MR) is 101 cm³/mol. The first-order chi connectivity index (χ1) is 11.5. The second-order valence-corrected chi connectivity index (χ2v) is 7.49. The molecule has 0 unspecified atom stereocenters. The number of hydrogen-bond acceptors (Lipinski definition) is 1. The van der Waals surface area contributed by atoms with E-state index in [2.05, 4.69) is 32.7 Å². The molecule has 0 aliphatic heterocycles. The zero-order chi connectivity index (χ0) is 17.5. The molecule has 0 bridgehead atoms. The molecular weight excluding hydrogens is 294 g/mol. The molecule has 1 aromatic rings. The van der Waals surface area contributed by atoms with E-state index in [-0.39, 0.29) is 5.92 Å². The molecule has 1 aliphatic rings. The fraction of sp³-hybridized carbons (Fsp3) is 0.636. The maximum atomic E-state index is 11.5. The molecule has 0 spiro atoms. The third kappa shape index (κ3) is 4.62. The topological polar surface area (TPSA) is 20.2 Å². The van der Waals surface area contributed by atoms with Gasteiger partial charge in [0.2, 0.25) is 0 Å². The highest BCUT2D eigenvalue weighted by Crippen LogP contribution is 2.39. The molecule has 2 nitrogen and oxygen atoms in total. The van der Waals surface area contributed by atoms with Crippen LogP contribution in [0.3, 0.4) is 0 Å². The molecular formula is C22H34NO+. The van der Waals surface area contributed by atoms with Crippen molar-refractivity contribution in [1.82, 2.24) is 0 Å². The molecule has 1 N–H and O–H groups in total. The second kappa shape index (κ2) is 8.70. The zero-order valence-electron chi connectivity index (χ0n) is 15.7. The van der Waals surface area contributed by atoms with Crippen molar-refractivity contribution in [2.75, 3.05) is 26.7 Å². The quantitative estimate of drug-likeness (QED) is 0.608. The van der Waals surface area contributed by atoms with Crippen molar-refractivity contribution < 1.29 is 9.59 Å². The van der Waals surface area contributed by atoms with Gasteiger partial charge < -0.3 is 9.59 Å². The van der Waals surface area contributed by atoms with Gasteiger partial charge in [0.25, 0.3) is 0 Å². The van der Waals surface area contributed by atoms with Gasteiger partial charge in [0.15, 0.2) is 5.60 Å². The highest BCUT2D eigenvalue weighted by Gasteiger charge is 2.37. The summed E-state index contributed by atoms with van der Waals surface area (Å²) in [6, 6.07) is 10.1. The summed E-state index contributed by atoms with van der Waals surface area (Å²) in [6.07, 6.45) is 6.72. The lowest BCUT2D eigenvalue weighted by Gasteiger charge is -2.35. The lowest BCUT2D eigenvalue weighted by Crippen LogP contribution is -2.44. The van der Waals surface area contributed by atoms with Crippen LogP contribution in [0.4, 0.5) is 0 Å². The minimum atomic E-state index is -0.983. The molecule has 2 rings (SSSR count). The van der Waals surface area contributed by atoms with Crippen LogP contribution in [0.15, 0.2) is 30.3 Å². The molecule has 0 radical (unpaired) electrons. The second-order valence-electron chi connectivity index (χ2n) is 7.49. The molecule has 1 atom stereocenters. The average Bonchev–Trinajstić information content (AvgIpc) is 2.66.